The summed E-state index contributed by atoms with van der Waals surface area (Å²) in [5, 5.41) is 2.36. The van der Waals surface area contributed by atoms with Crippen molar-refractivity contribution in [2.45, 2.75) is 17.9 Å². The molecule has 4 rings (SSSR count). The van der Waals surface area contributed by atoms with Gasteiger partial charge in [0.1, 0.15) is 5.82 Å². The number of halogens is 4. The molecule has 7 nitrogen and oxygen atoms in total. The largest absolute Gasteiger partial charge is 0.418 e. The Balaban J connectivity index is 1.61. The molecule has 0 aliphatic heterocycles. The summed E-state index contributed by atoms with van der Waals surface area (Å²) in [4.78, 5) is 37.8. The van der Waals surface area contributed by atoms with Gasteiger partial charge in [0.25, 0.3) is 5.56 Å². The molecule has 2 aromatic heterocycles. The molecular weight excluding hydrogens is 474 g/mol. The van der Waals surface area contributed by atoms with E-state index in [1.165, 1.54) is 53.4 Å². The van der Waals surface area contributed by atoms with Crippen LogP contribution >= 0.6 is 11.8 Å². The zero-order valence-corrected chi connectivity index (χ0v) is 18.0. The molecule has 0 radical (unpaired) electrons. The first-order valence-corrected chi connectivity index (χ1v) is 10.8. The molecule has 0 atom stereocenters. The van der Waals surface area contributed by atoms with Gasteiger partial charge in [0.2, 0.25) is 5.91 Å². The van der Waals surface area contributed by atoms with Gasteiger partial charge in [-0.15, -0.1) is 0 Å². The molecular formula is C22H15F4N5O2S. The van der Waals surface area contributed by atoms with E-state index < -0.39 is 29.0 Å². The highest BCUT2D eigenvalue weighted by Crippen LogP contribution is 2.34. The van der Waals surface area contributed by atoms with Gasteiger partial charge in [-0.25, -0.2) is 19.3 Å². The molecule has 0 spiro atoms. The summed E-state index contributed by atoms with van der Waals surface area (Å²) in [6.07, 6.45) is -1.94. The predicted molar refractivity (Wildman–Crippen MR) is 118 cm³/mol. The topological polar surface area (TPSA) is 89.8 Å². The summed E-state index contributed by atoms with van der Waals surface area (Å²) in [6.45, 7) is 0.0134. The SMILES string of the molecule is O=C(CSc1nc2nccnc2c(=O)n1Cc1ccc(F)cc1)Nc1ccccc1C(F)(F)F. The third kappa shape index (κ3) is 5.22. The molecule has 0 aliphatic rings. The second-order valence-electron chi connectivity index (χ2n) is 7.02. The molecule has 2 aromatic carbocycles. The average Bonchev–Trinajstić information content (AvgIpc) is 2.81. The highest BCUT2D eigenvalue weighted by Gasteiger charge is 2.33. The quantitative estimate of drug-likeness (QED) is 0.249. The fraction of sp³-hybridized carbons (Fsp3) is 0.136. The monoisotopic (exact) mass is 489 g/mol. The van der Waals surface area contributed by atoms with Crippen molar-refractivity contribution in [2.75, 3.05) is 11.1 Å². The van der Waals surface area contributed by atoms with Crippen molar-refractivity contribution in [1.82, 2.24) is 19.5 Å². The summed E-state index contributed by atoms with van der Waals surface area (Å²) in [6, 6.07) is 10.1. The number of benzene rings is 2. The lowest BCUT2D eigenvalue weighted by Crippen LogP contribution is -2.26. The maximum absolute atomic E-state index is 13.3. The molecule has 0 bridgehead atoms. The predicted octanol–water partition coefficient (Wildman–Crippen LogP) is 4.12. The Morgan fingerprint density at radius 1 is 1.03 bits per heavy atom. The molecule has 0 aliphatic carbocycles. The number of anilines is 1. The molecule has 0 fully saturated rings. The zero-order valence-electron chi connectivity index (χ0n) is 17.2. The Hall–Kier alpha value is -3.80. The second-order valence-corrected chi connectivity index (χ2v) is 7.96. The number of amides is 1. The average molecular weight is 489 g/mol. The molecule has 1 N–H and O–H groups in total. The Morgan fingerprint density at radius 2 is 1.74 bits per heavy atom. The molecule has 34 heavy (non-hydrogen) atoms. The van der Waals surface area contributed by atoms with Crippen molar-refractivity contribution in [3.05, 3.63) is 88.2 Å². The normalized spacial score (nSPS) is 11.5. The Labute approximate surface area is 193 Å². The van der Waals surface area contributed by atoms with Gasteiger partial charge in [-0.05, 0) is 29.8 Å². The van der Waals surface area contributed by atoms with Crippen molar-refractivity contribution in [1.29, 1.82) is 0 Å². The third-order valence-electron chi connectivity index (χ3n) is 4.65. The number of alkyl halides is 3. The van der Waals surface area contributed by atoms with Crippen LogP contribution in [0.25, 0.3) is 11.2 Å². The number of carbonyl (C=O) groups is 1. The van der Waals surface area contributed by atoms with Crippen LogP contribution in [-0.2, 0) is 17.5 Å². The number of rotatable bonds is 6. The standard InChI is InChI=1S/C22H15F4N5O2S/c23-14-7-5-13(6-8-14)11-31-20(33)18-19(28-10-9-27-18)30-21(31)34-12-17(32)29-16-4-2-1-3-15(16)22(24,25)26/h1-10H,11-12H2,(H,29,32). The Kier molecular flexibility index (Phi) is 6.59. The number of carbonyl (C=O) groups excluding carboxylic acids is 1. The maximum atomic E-state index is 13.3. The number of aromatic nitrogens is 4. The fourth-order valence-corrected chi connectivity index (χ4v) is 3.89. The minimum atomic E-state index is -4.63. The Morgan fingerprint density at radius 3 is 2.47 bits per heavy atom. The molecule has 2 heterocycles. The Bertz CT molecular complexity index is 1410. The number of para-hydroxylation sites is 1. The number of thioether (sulfide) groups is 1. The van der Waals surface area contributed by atoms with E-state index in [9.17, 15) is 27.2 Å². The lowest BCUT2D eigenvalue weighted by molar-refractivity contribution is -0.137. The number of fused-ring (bicyclic) bond motifs is 1. The maximum Gasteiger partial charge on any atom is 0.418 e. The van der Waals surface area contributed by atoms with Gasteiger partial charge < -0.3 is 5.32 Å². The number of hydrogen-bond acceptors (Lipinski definition) is 6. The third-order valence-corrected chi connectivity index (χ3v) is 5.63. The van der Waals surface area contributed by atoms with Crippen LogP contribution in [0, 0.1) is 5.82 Å². The molecule has 0 unspecified atom stereocenters. The zero-order chi connectivity index (χ0) is 24.3. The molecule has 0 saturated carbocycles. The van der Waals surface area contributed by atoms with Crippen molar-refractivity contribution >= 4 is 34.5 Å². The van der Waals surface area contributed by atoms with Crippen LogP contribution in [-0.4, -0.2) is 31.2 Å². The highest BCUT2D eigenvalue weighted by molar-refractivity contribution is 7.99. The van der Waals surface area contributed by atoms with Gasteiger partial charge in [0, 0.05) is 12.4 Å². The van der Waals surface area contributed by atoms with Crippen LogP contribution in [0.2, 0.25) is 0 Å². The van der Waals surface area contributed by atoms with Crippen LogP contribution in [0.5, 0.6) is 0 Å². The summed E-state index contributed by atoms with van der Waals surface area (Å²) < 4.78 is 54.1. The molecule has 0 saturated heterocycles. The first kappa shape index (κ1) is 23.4. The highest BCUT2D eigenvalue weighted by atomic mass is 32.2. The van der Waals surface area contributed by atoms with Crippen LogP contribution in [0.15, 0.2) is 70.9 Å². The van der Waals surface area contributed by atoms with Gasteiger partial charge in [-0.3, -0.25) is 14.2 Å². The number of nitrogens with zero attached hydrogens (tertiary/aromatic N) is 4. The van der Waals surface area contributed by atoms with Crippen molar-refractivity contribution in [2.24, 2.45) is 0 Å². The van der Waals surface area contributed by atoms with E-state index in [2.05, 4.69) is 20.3 Å². The van der Waals surface area contributed by atoms with E-state index in [-0.39, 0.29) is 34.3 Å². The first-order valence-electron chi connectivity index (χ1n) is 9.77. The van der Waals surface area contributed by atoms with E-state index in [4.69, 9.17) is 0 Å². The number of nitrogens with one attached hydrogen (secondary N) is 1. The van der Waals surface area contributed by atoms with Crippen molar-refractivity contribution < 1.29 is 22.4 Å². The van der Waals surface area contributed by atoms with Crippen molar-refractivity contribution in [3.63, 3.8) is 0 Å². The minimum Gasteiger partial charge on any atom is -0.325 e. The summed E-state index contributed by atoms with van der Waals surface area (Å²) in [7, 11) is 0. The summed E-state index contributed by atoms with van der Waals surface area (Å²) in [5.74, 6) is -1.49. The van der Waals surface area contributed by atoms with Gasteiger partial charge in [-0.1, -0.05) is 36.0 Å². The lowest BCUT2D eigenvalue weighted by Gasteiger charge is -2.14. The van der Waals surface area contributed by atoms with E-state index in [0.717, 1.165) is 23.9 Å². The number of hydrogen-bond donors (Lipinski definition) is 1. The summed E-state index contributed by atoms with van der Waals surface area (Å²) in [5.41, 5.74) is -1.19. The minimum absolute atomic E-state index is 0.0116. The smallest absolute Gasteiger partial charge is 0.325 e. The van der Waals surface area contributed by atoms with Gasteiger partial charge >= 0.3 is 6.18 Å². The van der Waals surface area contributed by atoms with Crippen LogP contribution < -0.4 is 10.9 Å². The van der Waals surface area contributed by atoms with Gasteiger partial charge in [0.15, 0.2) is 16.3 Å². The molecule has 4 aromatic rings. The molecule has 12 heteroatoms. The van der Waals surface area contributed by atoms with E-state index in [0.29, 0.717) is 5.56 Å². The van der Waals surface area contributed by atoms with Crippen molar-refractivity contribution in [3.8, 4) is 0 Å². The molecule has 1 amide bonds. The van der Waals surface area contributed by atoms with Crippen LogP contribution in [0.1, 0.15) is 11.1 Å². The van der Waals surface area contributed by atoms with E-state index in [1.54, 1.807) is 0 Å². The fourth-order valence-electron chi connectivity index (χ4n) is 3.11. The first-order chi connectivity index (χ1) is 16.2. The van der Waals surface area contributed by atoms with E-state index in [1.807, 2.05) is 0 Å². The van der Waals surface area contributed by atoms with E-state index >= 15 is 0 Å². The molecule has 174 valence electrons. The lowest BCUT2D eigenvalue weighted by atomic mass is 10.1. The second kappa shape index (κ2) is 9.59. The van der Waals surface area contributed by atoms with Crippen LogP contribution in [0.4, 0.5) is 23.2 Å². The van der Waals surface area contributed by atoms with Gasteiger partial charge in [0.05, 0.1) is 23.5 Å². The van der Waals surface area contributed by atoms with Crippen LogP contribution in [0.3, 0.4) is 0 Å². The van der Waals surface area contributed by atoms with Gasteiger partial charge in [-0.2, -0.15) is 13.2 Å². The summed E-state index contributed by atoms with van der Waals surface area (Å²) >= 11 is 0.856.